The average molecular weight is 391 g/mol. The Morgan fingerprint density at radius 3 is 2.82 bits per heavy atom. The van der Waals surface area contributed by atoms with Crippen LogP contribution >= 0.6 is 11.3 Å². The molecule has 0 saturated carbocycles. The van der Waals surface area contributed by atoms with Gasteiger partial charge in [0, 0.05) is 34.8 Å². The zero-order valence-corrected chi connectivity index (χ0v) is 16.6. The number of amides is 1. The van der Waals surface area contributed by atoms with E-state index >= 15 is 0 Å². The third-order valence-electron chi connectivity index (χ3n) is 4.74. The molecule has 2 aromatic carbocycles. The van der Waals surface area contributed by atoms with Crippen LogP contribution in [0.3, 0.4) is 0 Å². The third kappa shape index (κ3) is 3.64. The Kier molecular flexibility index (Phi) is 5.12. The van der Waals surface area contributed by atoms with Crippen LogP contribution in [-0.2, 0) is 6.42 Å². The lowest BCUT2D eigenvalue weighted by Crippen LogP contribution is -2.26. The van der Waals surface area contributed by atoms with Crippen LogP contribution in [0.2, 0.25) is 0 Å². The number of hydrogen-bond acceptors (Lipinski definition) is 4. The Labute approximate surface area is 167 Å². The number of methoxy groups -OCH3 is 1. The van der Waals surface area contributed by atoms with Crippen LogP contribution in [0.4, 0.5) is 0 Å². The number of aromatic amines is 1. The van der Waals surface area contributed by atoms with Gasteiger partial charge in [0.25, 0.3) is 5.91 Å². The first kappa shape index (κ1) is 18.3. The summed E-state index contributed by atoms with van der Waals surface area (Å²) in [5.41, 5.74) is 4.53. The van der Waals surface area contributed by atoms with E-state index in [2.05, 4.69) is 20.7 Å². The zero-order valence-electron chi connectivity index (χ0n) is 15.8. The number of carbonyl (C=O) groups excluding carboxylic acids is 1. The van der Waals surface area contributed by atoms with Crippen molar-refractivity contribution in [3.8, 4) is 17.0 Å². The fourth-order valence-corrected chi connectivity index (χ4v) is 4.01. The summed E-state index contributed by atoms with van der Waals surface area (Å²) in [6, 6.07) is 15.9. The molecule has 0 aliphatic heterocycles. The van der Waals surface area contributed by atoms with E-state index in [9.17, 15) is 4.79 Å². The van der Waals surface area contributed by atoms with Crippen LogP contribution in [0.1, 0.15) is 21.1 Å². The highest BCUT2D eigenvalue weighted by Crippen LogP contribution is 2.26. The van der Waals surface area contributed by atoms with E-state index in [0.717, 1.165) is 38.5 Å². The number of benzene rings is 2. The lowest BCUT2D eigenvalue weighted by atomic mass is 10.1. The third-order valence-corrected chi connectivity index (χ3v) is 5.65. The van der Waals surface area contributed by atoms with Gasteiger partial charge < -0.3 is 15.0 Å². The van der Waals surface area contributed by atoms with Crippen LogP contribution in [0.15, 0.2) is 53.9 Å². The van der Waals surface area contributed by atoms with Crippen LogP contribution in [0.5, 0.6) is 5.75 Å². The summed E-state index contributed by atoms with van der Waals surface area (Å²) in [5.74, 6) is 0.673. The number of ether oxygens (including phenoxy) is 1. The van der Waals surface area contributed by atoms with Gasteiger partial charge in [-0.25, -0.2) is 4.98 Å². The normalized spacial score (nSPS) is 10.9. The highest BCUT2D eigenvalue weighted by molar-refractivity contribution is 7.09. The van der Waals surface area contributed by atoms with E-state index in [-0.39, 0.29) is 5.91 Å². The number of nitrogens with one attached hydrogen (secondary N) is 2. The Morgan fingerprint density at radius 2 is 2.04 bits per heavy atom. The van der Waals surface area contributed by atoms with Crippen LogP contribution < -0.4 is 10.1 Å². The fraction of sp³-hybridized carbons (Fsp3) is 0.182. The van der Waals surface area contributed by atoms with Gasteiger partial charge in [-0.2, -0.15) is 0 Å². The quantitative estimate of drug-likeness (QED) is 0.505. The van der Waals surface area contributed by atoms with Gasteiger partial charge in [-0.1, -0.05) is 30.3 Å². The molecule has 1 amide bonds. The van der Waals surface area contributed by atoms with Gasteiger partial charge in [-0.05, 0) is 30.7 Å². The van der Waals surface area contributed by atoms with Gasteiger partial charge in [-0.3, -0.25) is 4.79 Å². The molecule has 2 N–H and O–H groups in total. The highest BCUT2D eigenvalue weighted by atomic mass is 32.1. The molecule has 0 fully saturated rings. The van der Waals surface area contributed by atoms with Crippen molar-refractivity contribution in [3.63, 3.8) is 0 Å². The molecular formula is C22H21N3O2S. The molecule has 0 radical (unpaired) electrons. The van der Waals surface area contributed by atoms with Gasteiger partial charge in [-0.15, -0.1) is 11.3 Å². The first-order chi connectivity index (χ1) is 13.7. The van der Waals surface area contributed by atoms with Crippen LogP contribution in [-0.4, -0.2) is 29.5 Å². The maximum atomic E-state index is 12.6. The topological polar surface area (TPSA) is 67.0 Å². The molecule has 0 saturated heterocycles. The SMILES string of the molecule is COc1ccc2[nH]c(C(=O)NCCc3nc(-c4ccccc4)cs3)c(C)c2c1. The molecule has 0 atom stereocenters. The van der Waals surface area contributed by atoms with Crippen LogP contribution in [0.25, 0.3) is 22.2 Å². The second-order valence-corrected chi connectivity index (χ2v) is 7.48. The number of rotatable bonds is 6. The molecule has 2 heterocycles. The second kappa shape index (κ2) is 7.86. The monoisotopic (exact) mass is 391 g/mol. The number of carbonyl (C=O) groups is 1. The van der Waals surface area contributed by atoms with Crippen molar-refractivity contribution in [1.82, 2.24) is 15.3 Å². The predicted octanol–water partition coefficient (Wildman–Crippen LogP) is 4.58. The van der Waals surface area contributed by atoms with E-state index < -0.39 is 0 Å². The Hall–Kier alpha value is -3.12. The van der Waals surface area contributed by atoms with Gasteiger partial charge in [0.15, 0.2) is 0 Å². The van der Waals surface area contributed by atoms with Gasteiger partial charge in [0.05, 0.1) is 17.8 Å². The van der Waals surface area contributed by atoms with E-state index in [1.165, 1.54) is 0 Å². The maximum absolute atomic E-state index is 12.6. The minimum atomic E-state index is -0.104. The summed E-state index contributed by atoms with van der Waals surface area (Å²) in [4.78, 5) is 20.5. The molecule has 28 heavy (non-hydrogen) atoms. The van der Waals surface area contributed by atoms with E-state index in [1.54, 1.807) is 18.4 Å². The molecule has 0 aliphatic carbocycles. The highest BCUT2D eigenvalue weighted by Gasteiger charge is 2.15. The first-order valence-electron chi connectivity index (χ1n) is 9.10. The minimum Gasteiger partial charge on any atom is -0.497 e. The van der Waals surface area contributed by atoms with E-state index in [4.69, 9.17) is 4.74 Å². The van der Waals surface area contributed by atoms with Gasteiger partial charge in [0.2, 0.25) is 0 Å². The molecule has 0 bridgehead atoms. The molecule has 142 valence electrons. The summed E-state index contributed by atoms with van der Waals surface area (Å²) >= 11 is 1.62. The largest absolute Gasteiger partial charge is 0.497 e. The Balaban J connectivity index is 1.40. The maximum Gasteiger partial charge on any atom is 0.268 e. The summed E-state index contributed by atoms with van der Waals surface area (Å²) in [6.07, 6.45) is 0.705. The molecule has 5 nitrogen and oxygen atoms in total. The zero-order chi connectivity index (χ0) is 19.5. The predicted molar refractivity (Wildman–Crippen MR) is 113 cm³/mol. The van der Waals surface area contributed by atoms with Crippen molar-refractivity contribution in [2.75, 3.05) is 13.7 Å². The van der Waals surface area contributed by atoms with Crippen molar-refractivity contribution >= 4 is 28.1 Å². The standard InChI is InChI=1S/C22H21N3O2S/c1-14-17-12-16(27-2)8-9-18(17)25-21(14)22(26)23-11-10-20-24-19(13-28-20)15-6-4-3-5-7-15/h3-9,12-13,25H,10-11H2,1-2H3,(H,23,26). The second-order valence-electron chi connectivity index (χ2n) is 6.53. The molecule has 4 rings (SSSR count). The minimum absolute atomic E-state index is 0.104. The number of hydrogen-bond donors (Lipinski definition) is 2. The number of aromatic nitrogens is 2. The number of thiazole rings is 1. The number of H-pyrrole nitrogens is 1. The number of aryl methyl sites for hydroxylation is 1. The van der Waals surface area contributed by atoms with Crippen molar-refractivity contribution in [2.45, 2.75) is 13.3 Å². The van der Waals surface area contributed by atoms with Crippen molar-refractivity contribution < 1.29 is 9.53 Å². The van der Waals surface area contributed by atoms with Crippen LogP contribution in [0, 0.1) is 6.92 Å². The van der Waals surface area contributed by atoms with E-state index in [0.29, 0.717) is 18.7 Å². The Bertz CT molecular complexity index is 1120. The smallest absolute Gasteiger partial charge is 0.268 e. The first-order valence-corrected chi connectivity index (χ1v) is 9.98. The number of nitrogens with zero attached hydrogens (tertiary/aromatic N) is 1. The molecule has 6 heteroatoms. The van der Waals surface area contributed by atoms with Crippen molar-refractivity contribution in [3.05, 3.63) is 70.2 Å². The summed E-state index contributed by atoms with van der Waals surface area (Å²) < 4.78 is 5.27. The number of fused-ring (bicyclic) bond motifs is 1. The van der Waals surface area contributed by atoms with Gasteiger partial charge in [0.1, 0.15) is 11.4 Å². The molecule has 4 aromatic rings. The fourth-order valence-electron chi connectivity index (χ4n) is 3.20. The molecule has 2 aromatic heterocycles. The summed E-state index contributed by atoms with van der Waals surface area (Å²) in [5, 5.41) is 7.06. The Morgan fingerprint density at radius 1 is 1.21 bits per heavy atom. The van der Waals surface area contributed by atoms with Crippen molar-refractivity contribution in [1.29, 1.82) is 0 Å². The molecule has 0 unspecified atom stereocenters. The summed E-state index contributed by atoms with van der Waals surface area (Å²) in [6.45, 7) is 2.48. The lowest BCUT2D eigenvalue weighted by Gasteiger charge is -2.03. The lowest BCUT2D eigenvalue weighted by molar-refractivity contribution is 0.0949. The van der Waals surface area contributed by atoms with Crippen molar-refractivity contribution in [2.24, 2.45) is 0 Å². The van der Waals surface area contributed by atoms with Gasteiger partial charge >= 0.3 is 0 Å². The summed E-state index contributed by atoms with van der Waals surface area (Å²) in [7, 11) is 1.64. The molecule has 0 spiro atoms. The molecule has 0 aliphatic rings. The average Bonchev–Trinajstić information content (AvgIpc) is 3.33. The van der Waals surface area contributed by atoms with E-state index in [1.807, 2.05) is 55.5 Å². The molecular weight excluding hydrogens is 370 g/mol.